The van der Waals surface area contributed by atoms with Crippen molar-refractivity contribution in [2.45, 2.75) is 45.1 Å². The number of carbonyl (C=O) groups excluding carboxylic acids is 2. The number of thiazole rings is 1. The number of aryl methyl sites for hydroxylation is 1. The van der Waals surface area contributed by atoms with Gasteiger partial charge in [-0.3, -0.25) is 9.59 Å². The second kappa shape index (κ2) is 10.2. The van der Waals surface area contributed by atoms with E-state index in [4.69, 9.17) is 4.74 Å². The SMILES string of the molecule is CCOC(=O)Cn1c(=NC(=O)Cc2ccc(S(=O)(=O)CC)cc2)sc2cc(CC)ccc21. The summed E-state index contributed by atoms with van der Waals surface area (Å²) in [4.78, 5) is 29.7. The number of fused-ring (bicyclic) bond motifs is 1. The van der Waals surface area contributed by atoms with Gasteiger partial charge < -0.3 is 9.30 Å². The minimum absolute atomic E-state index is 0.0206. The lowest BCUT2D eigenvalue weighted by Gasteiger charge is -2.06. The normalized spacial score (nSPS) is 12.3. The van der Waals surface area contributed by atoms with Crippen LogP contribution < -0.4 is 4.80 Å². The maximum absolute atomic E-state index is 12.7. The van der Waals surface area contributed by atoms with Gasteiger partial charge in [0.1, 0.15) is 6.54 Å². The Balaban J connectivity index is 1.93. The molecule has 2 aromatic carbocycles. The first-order valence-electron chi connectivity index (χ1n) is 10.4. The van der Waals surface area contributed by atoms with Crippen LogP contribution in [-0.2, 0) is 43.5 Å². The predicted octanol–water partition coefficient (Wildman–Crippen LogP) is 3.29. The van der Waals surface area contributed by atoms with Gasteiger partial charge in [-0.2, -0.15) is 4.99 Å². The van der Waals surface area contributed by atoms with E-state index >= 15 is 0 Å². The lowest BCUT2D eigenvalue weighted by Crippen LogP contribution is -2.23. The maximum Gasteiger partial charge on any atom is 0.326 e. The smallest absolute Gasteiger partial charge is 0.326 e. The average molecular weight is 475 g/mol. The molecule has 0 atom stereocenters. The number of hydrogen-bond donors (Lipinski definition) is 0. The van der Waals surface area contributed by atoms with Crippen LogP contribution in [0, 0.1) is 0 Å². The van der Waals surface area contributed by atoms with Crippen LogP contribution in [0.15, 0.2) is 52.4 Å². The number of carbonyl (C=O) groups is 2. The highest BCUT2D eigenvalue weighted by molar-refractivity contribution is 7.91. The molecule has 1 heterocycles. The summed E-state index contributed by atoms with van der Waals surface area (Å²) in [6.45, 7) is 5.64. The number of amides is 1. The van der Waals surface area contributed by atoms with Crippen LogP contribution >= 0.6 is 11.3 Å². The van der Waals surface area contributed by atoms with Crippen LogP contribution in [0.5, 0.6) is 0 Å². The summed E-state index contributed by atoms with van der Waals surface area (Å²) in [5, 5.41) is 0. The number of hydrogen-bond acceptors (Lipinski definition) is 6. The van der Waals surface area contributed by atoms with Crippen molar-refractivity contribution in [1.82, 2.24) is 4.57 Å². The largest absolute Gasteiger partial charge is 0.465 e. The number of rotatable bonds is 8. The number of sulfone groups is 1. The molecule has 7 nitrogen and oxygen atoms in total. The number of esters is 1. The molecule has 3 rings (SSSR count). The Morgan fingerprint density at radius 3 is 2.34 bits per heavy atom. The van der Waals surface area contributed by atoms with E-state index in [1.54, 1.807) is 30.5 Å². The molecule has 0 fully saturated rings. The van der Waals surface area contributed by atoms with Crippen LogP contribution in [0.1, 0.15) is 31.9 Å². The van der Waals surface area contributed by atoms with Crippen molar-refractivity contribution in [3.8, 4) is 0 Å². The fourth-order valence-corrected chi connectivity index (χ4v) is 5.21. The van der Waals surface area contributed by atoms with Gasteiger partial charge in [0.15, 0.2) is 14.6 Å². The number of nitrogens with zero attached hydrogens (tertiary/aromatic N) is 2. The first kappa shape index (κ1) is 23.9. The topological polar surface area (TPSA) is 94.8 Å². The highest BCUT2D eigenvalue weighted by atomic mass is 32.2. The summed E-state index contributed by atoms with van der Waals surface area (Å²) in [6.07, 6.45) is 0.904. The molecule has 170 valence electrons. The Kier molecular flexibility index (Phi) is 7.63. The average Bonchev–Trinajstić information content (AvgIpc) is 3.09. The van der Waals surface area contributed by atoms with Gasteiger partial charge in [-0.15, -0.1) is 0 Å². The minimum Gasteiger partial charge on any atom is -0.465 e. The molecular formula is C23H26N2O5S2. The molecule has 1 amide bonds. The molecule has 0 aliphatic heterocycles. The van der Waals surface area contributed by atoms with Gasteiger partial charge in [0.2, 0.25) is 0 Å². The maximum atomic E-state index is 12.7. The van der Waals surface area contributed by atoms with Gasteiger partial charge in [-0.1, -0.05) is 43.4 Å². The number of aromatic nitrogens is 1. The zero-order chi connectivity index (χ0) is 23.3. The van der Waals surface area contributed by atoms with E-state index in [0.717, 1.165) is 22.2 Å². The molecular weight excluding hydrogens is 448 g/mol. The minimum atomic E-state index is -3.29. The quantitative estimate of drug-likeness (QED) is 0.467. The standard InChI is InChI=1S/C23H26N2O5S2/c1-4-16-9-12-19-20(13-16)31-23(25(19)15-22(27)30-5-2)24-21(26)14-17-7-10-18(11-8-17)32(28,29)6-3/h7-13H,4-6,14-15H2,1-3H3. The number of benzene rings is 2. The third-order valence-electron chi connectivity index (χ3n) is 4.99. The fourth-order valence-electron chi connectivity index (χ4n) is 3.21. The highest BCUT2D eigenvalue weighted by Gasteiger charge is 2.14. The Morgan fingerprint density at radius 1 is 1.03 bits per heavy atom. The third-order valence-corrected chi connectivity index (χ3v) is 7.78. The van der Waals surface area contributed by atoms with Gasteiger partial charge in [0.25, 0.3) is 5.91 Å². The molecule has 3 aromatic rings. The second-order valence-electron chi connectivity index (χ2n) is 7.16. The van der Waals surface area contributed by atoms with E-state index in [0.29, 0.717) is 10.4 Å². The molecule has 0 aliphatic rings. The lowest BCUT2D eigenvalue weighted by atomic mass is 10.1. The van der Waals surface area contributed by atoms with Crippen LogP contribution in [0.4, 0.5) is 0 Å². The predicted molar refractivity (Wildman–Crippen MR) is 124 cm³/mol. The van der Waals surface area contributed by atoms with Crippen molar-refractivity contribution in [1.29, 1.82) is 0 Å². The van der Waals surface area contributed by atoms with Crippen molar-refractivity contribution in [2.24, 2.45) is 4.99 Å². The molecule has 32 heavy (non-hydrogen) atoms. The lowest BCUT2D eigenvalue weighted by molar-refractivity contribution is -0.143. The van der Waals surface area contributed by atoms with E-state index in [2.05, 4.69) is 11.9 Å². The summed E-state index contributed by atoms with van der Waals surface area (Å²) in [5.74, 6) is -0.753. The third kappa shape index (κ3) is 5.52. The van der Waals surface area contributed by atoms with E-state index < -0.39 is 15.8 Å². The van der Waals surface area contributed by atoms with E-state index in [9.17, 15) is 18.0 Å². The van der Waals surface area contributed by atoms with Crippen molar-refractivity contribution < 1.29 is 22.7 Å². The molecule has 0 radical (unpaired) electrons. The second-order valence-corrected chi connectivity index (χ2v) is 10.4. The van der Waals surface area contributed by atoms with Crippen LogP contribution in [0.2, 0.25) is 0 Å². The molecule has 0 unspecified atom stereocenters. The van der Waals surface area contributed by atoms with Gasteiger partial charge >= 0.3 is 5.97 Å². The Hall–Kier alpha value is -2.78. The van der Waals surface area contributed by atoms with Crippen LogP contribution in [0.25, 0.3) is 10.2 Å². The Morgan fingerprint density at radius 2 is 1.72 bits per heavy atom. The molecule has 0 N–H and O–H groups in total. The molecule has 1 aromatic heterocycles. The van der Waals surface area contributed by atoms with Crippen LogP contribution in [0.3, 0.4) is 0 Å². The van der Waals surface area contributed by atoms with Gasteiger partial charge in [-0.05, 0) is 48.7 Å². The first-order valence-corrected chi connectivity index (χ1v) is 12.9. The van der Waals surface area contributed by atoms with E-state index in [1.165, 1.54) is 23.5 Å². The van der Waals surface area contributed by atoms with Crippen molar-refractivity contribution >= 4 is 43.3 Å². The van der Waals surface area contributed by atoms with Gasteiger partial charge in [-0.25, -0.2) is 8.42 Å². The molecule has 0 spiro atoms. The summed E-state index contributed by atoms with van der Waals surface area (Å²) < 4.78 is 31.6. The van der Waals surface area contributed by atoms with Crippen molar-refractivity contribution in [2.75, 3.05) is 12.4 Å². The van der Waals surface area contributed by atoms with Crippen molar-refractivity contribution in [3.63, 3.8) is 0 Å². The molecule has 0 aliphatic carbocycles. The van der Waals surface area contributed by atoms with Gasteiger partial charge in [0, 0.05) is 0 Å². The highest BCUT2D eigenvalue weighted by Crippen LogP contribution is 2.20. The molecule has 0 saturated heterocycles. The summed E-state index contributed by atoms with van der Waals surface area (Å²) >= 11 is 1.35. The Labute approximate surface area is 191 Å². The molecule has 9 heteroatoms. The summed E-state index contributed by atoms with van der Waals surface area (Å²) in [7, 11) is -3.29. The molecule has 0 saturated carbocycles. The van der Waals surface area contributed by atoms with Crippen LogP contribution in [-0.4, -0.2) is 37.2 Å². The zero-order valence-electron chi connectivity index (χ0n) is 18.3. The summed E-state index contributed by atoms with van der Waals surface area (Å²) in [5.41, 5.74) is 2.64. The van der Waals surface area contributed by atoms with E-state index in [-0.39, 0.29) is 36.1 Å². The zero-order valence-corrected chi connectivity index (χ0v) is 20.0. The van der Waals surface area contributed by atoms with Crippen molar-refractivity contribution in [3.05, 3.63) is 58.4 Å². The monoisotopic (exact) mass is 474 g/mol. The Bertz CT molecular complexity index is 1300. The molecule has 0 bridgehead atoms. The summed E-state index contributed by atoms with van der Waals surface area (Å²) in [6, 6.07) is 12.2. The van der Waals surface area contributed by atoms with Gasteiger partial charge in [0.05, 0.1) is 33.9 Å². The van der Waals surface area contributed by atoms with E-state index in [1.807, 2.05) is 18.2 Å². The first-order chi connectivity index (χ1) is 15.3. The number of ether oxygens (including phenoxy) is 1. The fraction of sp³-hybridized carbons (Fsp3) is 0.348.